The van der Waals surface area contributed by atoms with Crippen molar-refractivity contribution in [2.24, 2.45) is 0 Å². The monoisotopic (exact) mass is 192 g/mol. The van der Waals surface area contributed by atoms with E-state index in [1.165, 1.54) is 15.8 Å². The Labute approximate surface area is 81.6 Å². The van der Waals surface area contributed by atoms with Crippen LogP contribution in [-0.4, -0.2) is 12.0 Å². The molecule has 13 heavy (non-hydrogen) atoms. The van der Waals surface area contributed by atoms with Gasteiger partial charge in [0.15, 0.2) is 5.13 Å². The normalized spacial score (nSPS) is 10.7. The first-order chi connectivity index (χ1) is 6.20. The number of anilines is 1. The van der Waals surface area contributed by atoms with Gasteiger partial charge in [0.1, 0.15) is 0 Å². The Balaban J connectivity index is 2.70. The zero-order valence-corrected chi connectivity index (χ0v) is 8.83. The third kappa shape index (κ3) is 1.40. The maximum Gasteiger partial charge on any atom is 0.183 e. The molecule has 1 heterocycles. The third-order valence-electron chi connectivity index (χ3n) is 2.22. The third-order valence-corrected chi connectivity index (χ3v) is 3.25. The van der Waals surface area contributed by atoms with E-state index in [1.807, 2.05) is 7.05 Å². The molecule has 68 valence electrons. The van der Waals surface area contributed by atoms with Gasteiger partial charge >= 0.3 is 0 Å². The summed E-state index contributed by atoms with van der Waals surface area (Å²) in [5, 5.41) is 4.05. The predicted octanol–water partition coefficient (Wildman–Crippen LogP) is 2.95. The van der Waals surface area contributed by atoms with Crippen molar-refractivity contribution < 1.29 is 0 Å². The molecule has 0 unspecified atom stereocenters. The van der Waals surface area contributed by atoms with Crippen LogP contribution in [0.5, 0.6) is 0 Å². The first-order valence-corrected chi connectivity index (χ1v) is 5.08. The fourth-order valence-electron chi connectivity index (χ4n) is 1.29. The van der Waals surface area contributed by atoms with Crippen molar-refractivity contribution in [2.75, 3.05) is 12.4 Å². The van der Waals surface area contributed by atoms with Crippen LogP contribution in [0.3, 0.4) is 0 Å². The molecule has 0 saturated heterocycles. The lowest BCUT2D eigenvalue weighted by atomic mass is 10.1. The average molecular weight is 192 g/mol. The van der Waals surface area contributed by atoms with Crippen LogP contribution >= 0.6 is 11.3 Å². The molecule has 0 aliphatic rings. The first kappa shape index (κ1) is 8.51. The van der Waals surface area contributed by atoms with E-state index in [9.17, 15) is 0 Å². The quantitative estimate of drug-likeness (QED) is 0.751. The summed E-state index contributed by atoms with van der Waals surface area (Å²) in [6.07, 6.45) is 0. The maximum atomic E-state index is 4.44. The zero-order chi connectivity index (χ0) is 9.42. The molecule has 0 aliphatic carbocycles. The molecule has 0 amide bonds. The van der Waals surface area contributed by atoms with E-state index in [0.29, 0.717) is 0 Å². The number of aromatic nitrogens is 1. The molecule has 2 rings (SSSR count). The molecule has 2 nitrogen and oxygen atoms in total. The Hall–Kier alpha value is -1.09. The molecule has 0 fully saturated rings. The van der Waals surface area contributed by atoms with Crippen molar-refractivity contribution in [3.63, 3.8) is 0 Å². The van der Waals surface area contributed by atoms with Gasteiger partial charge in [0.25, 0.3) is 0 Å². The number of rotatable bonds is 1. The van der Waals surface area contributed by atoms with Crippen molar-refractivity contribution in [3.8, 4) is 0 Å². The van der Waals surface area contributed by atoms with Crippen LogP contribution in [0.4, 0.5) is 5.13 Å². The topological polar surface area (TPSA) is 24.9 Å². The lowest BCUT2D eigenvalue weighted by Crippen LogP contribution is -1.84. The Morgan fingerprint density at radius 2 is 1.92 bits per heavy atom. The number of hydrogen-bond acceptors (Lipinski definition) is 3. The second-order valence-corrected chi connectivity index (χ2v) is 4.20. The molecule has 1 aromatic carbocycles. The molecule has 0 radical (unpaired) electrons. The fourth-order valence-corrected chi connectivity index (χ4v) is 2.19. The summed E-state index contributed by atoms with van der Waals surface area (Å²) in [6, 6.07) is 4.34. The van der Waals surface area contributed by atoms with Gasteiger partial charge in [-0.15, -0.1) is 0 Å². The van der Waals surface area contributed by atoms with Crippen LogP contribution in [0.1, 0.15) is 11.1 Å². The van der Waals surface area contributed by atoms with Crippen molar-refractivity contribution in [1.82, 2.24) is 4.98 Å². The number of nitrogens with one attached hydrogen (secondary N) is 1. The smallest absolute Gasteiger partial charge is 0.183 e. The zero-order valence-electron chi connectivity index (χ0n) is 8.01. The van der Waals surface area contributed by atoms with Crippen molar-refractivity contribution in [3.05, 3.63) is 23.3 Å². The molecular weight excluding hydrogens is 180 g/mol. The standard InChI is InChI=1S/C10H12N2S/c1-6-4-8-9(5-7(6)2)13-10(11-3)12-8/h4-5H,1-3H3,(H,11,12). The van der Waals surface area contributed by atoms with E-state index in [-0.39, 0.29) is 0 Å². The highest BCUT2D eigenvalue weighted by molar-refractivity contribution is 7.22. The summed E-state index contributed by atoms with van der Waals surface area (Å²) in [6.45, 7) is 4.25. The molecule has 2 aromatic rings. The molecular formula is C10H12N2S. The largest absolute Gasteiger partial charge is 0.365 e. The minimum Gasteiger partial charge on any atom is -0.365 e. The van der Waals surface area contributed by atoms with Crippen molar-refractivity contribution in [1.29, 1.82) is 0 Å². The summed E-state index contributed by atoms with van der Waals surface area (Å²) >= 11 is 1.70. The van der Waals surface area contributed by atoms with Gasteiger partial charge in [0.2, 0.25) is 0 Å². The predicted molar refractivity (Wildman–Crippen MR) is 58.6 cm³/mol. The van der Waals surface area contributed by atoms with E-state index in [4.69, 9.17) is 0 Å². The lowest BCUT2D eigenvalue weighted by molar-refractivity contribution is 1.35. The number of benzene rings is 1. The Bertz CT molecular complexity index is 406. The highest BCUT2D eigenvalue weighted by Gasteiger charge is 2.03. The van der Waals surface area contributed by atoms with Gasteiger partial charge < -0.3 is 5.32 Å². The molecule has 0 atom stereocenters. The Morgan fingerprint density at radius 1 is 1.23 bits per heavy atom. The Morgan fingerprint density at radius 3 is 2.62 bits per heavy atom. The van der Waals surface area contributed by atoms with Gasteiger partial charge in [-0.1, -0.05) is 11.3 Å². The highest BCUT2D eigenvalue weighted by atomic mass is 32.1. The van der Waals surface area contributed by atoms with Gasteiger partial charge in [0.05, 0.1) is 10.2 Å². The van der Waals surface area contributed by atoms with Gasteiger partial charge in [-0.05, 0) is 37.1 Å². The molecule has 0 saturated carbocycles. The molecule has 0 spiro atoms. The van der Waals surface area contributed by atoms with E-state index >= 15 is 0 Å². The SMILES string of the molecule is CNc1nc2cc(C)c(C)cc2s1. The number of aryl methyl sites for hydroxylation is 2. The second-order valence-electron chi connectivity index (χ2n) is 3.17. The summed E-state index contributed by atoms with van der Waals surface area (Å²) < 4.78 is 1.26. The van der Waals surface area contributed by atoms with E-state index in [0.717, 1.165) is 10.6 Å². The molecule has 0 bridgehead atoms. The summed E-state index contributed by atoms with van der Waals surface area (Å²) in [5.41, 5.74) is 3.73. The van der Waals surface area contributed by atoms with Crippen LogP contribution in [0.2, 0.25) is 0 Å². The molecule has 1 N–H and O–H groups in total. The minimum absolute atomic E-state index is 0.986. The lowest BCUT2D eigenvalue weighted by Gasteiger charge is -1.96. The van der Waals surface area contributed by atoms with Gasteiger partial charge in [-0.25, -0.2) is 4.98 Å². The average Bonchev–Trinajstić information content (AvgIpc) is 2.48. The van der Waals surface area contributed by atoms with Gasteiger partial charge in [-0.3, -0.25) is 0 Å². The maximum absolute atomic E-state index is 4.44. The summed E-state index contributed by atoms with van der Waals surface area (Å²) in [5.74, 6) is 0. The highest BCUT2D eigenvalue weighted by Crippen LogP contribution is 2.27. The van der Waals surface area contributed by atoms with Crippen LogP contribution in [0.25, 0.3) is 10.2 Å². The van der Waals surface area contributed by atoms with Crippen LogP contribution in [0, 0.1) is 13.8 Å². The molecule has 0 aliphatic heterocycles. The number of fused-ring (bicyclic) bond motifs is 1. The van der Waals surface area contributed by atoms with Crippen LogP contribution in [-0.2, 0) is 0 Å². The van der Waals surface area contributed by atoms with E-state index < -0.39 is 0 Å². The summed E-state index contributed by atoms with van der Waals surface area (Å²) in [7, 11) is 1.90. The van der Waals surface area contributed by atoms with Crippen LogP contribution in [0.15, 0.2) is 12.1 Å². The van der Waals surface area contributed by atoms with Gasteiger partial charge in [-0.2, -0.15) is 0 Å². The van der Waals surface area contributed by atoms with E-state index in [2.05, 4.69) is 36.3 Å². The minimum atomic E-state index is 0.986. The molecule has 1 aromatic heterocycles. The second kappa shape index (κ2) is 3.00. The first-order valence-electron chi connectivity index (χ1n) is 4.26. The Kier molecular flexibility index (Phi) is 1.96. The van der Waals surface area contributed by atoms with Crippen LogP contribution < -0.4 is 5.32 Å². The number of nitrogens with zero attached hydrogens (tertiary/aromatic N) is 1. The van der Waals surface area contributed by atoms with Crippen molar-refractivity contribution >= 4 is 26.7 Å². The van der Waals surface area contributed by atoms with Crippen molar-refractivity contribution in [2.45, 2.75) is 13.8 Å². The van der Waals surface area contributed by atoms with Gasteiger partial charge in [0, 0.05) is 7.05 Å². The number of hydrogen-bond donors (Lipinski definition) is 1. The molecule has 3 heteroatoms. The summed E-state index contributed by atoms with van der Waals surface area (Å²) in [4.78, 5) is 4.44. The van der Waals surface area contributed by atoms with E-state index in [1.54, 1.807) is 11.3 Å². The fraction of sp³-hybridized carbons (Fsp3) is 0.300. The number of thiazole rings is 1.